The van der Waals surface area contributed by atoms with E-state index in [2.05, 4.69) is 34.6 Å². The maximum absolute atomic E-state index is 13.0. The van der Waals surface area contributed by atoms with Gasteiger partial charge in [0.2, 0.25) is 0 Å². The largest absolute Gasteiger partial charge is 0.462 e. The van der Waals surface area contributed by atoms with Crippen LogP contribution in [0.5, 0.6) is 0 Å². The molecular weight excluding hydrogens is 468 g/mol. The average Bonchev–Trinajstić information content (AvgIpc) is 2.79. The Balaban J connectivity index is 1.88. The zero-order chi connectivity index (χ0) is 27.6. The first-order valence-electron chi connectivity index (χ1n) is 14.5. The fourth-order valence-electron chi connectivity index (χ4n) is 10.7. The number of esters is 2. The molecule has 0 spiro atoms. The molecule has 0 aromatic heterocycles. The van der Waals surface area contributed by atoms with E-state index in [4.69, 9.17) is 9.47 Å². The van der Waals surface area contributed by atoms with Gasteiger partial charge in [0.05, 0.1) is 5.92 Å². The molecular formula is C31H48O6. The minimum Gasteiger partial charge on any atom is -0.462 e. The molecule has 208 valence electrons. The number of ketones is 1. The normalized spacial score (nSPS) is 49.0. The van der Waals surface area contributed by atoms with Gasteiger partial charge in [0.1, 0.15) is 24.3 Å². The number of hydrogen-bond donors (Lipinski definition) is 0. The van der Waals surface area contributed by atoms with Gasteiger partial charge in [-0.05, 0) is 79.4 Å². The lowest BCUT2D eigenvalue weighted by atomic mass is 9.33. The first-order valence-corrected chi connectivity index (χ1v) is 14.5. The smallest absolute Gasteiger partial charge is 0.302 e. The van der Waals surface area contributed by atoms with Crippen LogP contribution in [0.4, 0.5) is 0 Å². The Morgan fingerprint density at radius 3 is 2.00 bits per heavy atom. The fourth-order valence-corrected chi connectivity index (χ4v) is 10.7. The van der Waals surface area contributed by atoms with Gasteiger partial charge in [-0.1, -0.05) is 47.5 Å². The summed E-state index contributed by atoms with van der Waals surface area (Å²) < 4.78 is 11.9. The predicted octanol–water partition coefficient (Wildman–Crippen LogP) is 5.94. The highest BCUT2D eigenvalue weighted by Gasteiger charge is 2.71. The van der Waals surface area contributed by atoms with Crippen molar-refractivity contribution in [2.45, 2.75) is 119 Å². The maximum atomic E-state index is 13.0. The van der Waals surface area contributed by atoms with Gasteiger partial charge in [0.15, 0.2) is 0 Å². The first-order chi connectivity index (χ1) is 17.2. The van der Waals surface area contributed by atoms with Gasteiger partial charge >= 0.3 is 11.9 Å². The summed E-state index contributed by atoms with van der Waals surface area (Å²) in [6.45, 7) is 16.0. The molecule has 0 amide bonds. The molecule has 0 unspecified atom stereocenters. The van der Waals surface area contributed by atoms with E-state index >= 15 is 0 Å². The zero-order valence-electron chi connectivity index (χ0n) is 24.2. The highest BCUT2D eigenvalue weighted by atomic mass is 16.5. The van der Waals surface area contributed by atoms with Crippen LogP contribution in [0, 0.1) is 51.2 Å². The van der Waals surface area contributed by atoms with Crippen molar-refractivity contribution in [3.63, 3.8) is 0 Å². The van der Waals surface area contributed by atoms with Crippen LogP contribution in [-0.4, -0.2) is 36.2 Å². The molecule has 37 heavy (non-hydrogen) atoms. The topological polar surface area (TPSA) is 86.7 Å². The molecule has 4 aliphatic carbocycles. The monoisotopic (exact) mass is 516 g/mol. The molecule has 4 saturated carbocycles. The van der Waals surface area contributed by atoms with Crippen LogP contribution in [0.3, 0.4) is 0 Å². The van der Waals surface area contributed by atoms with E-state index < -0.39 is 35.4 Å². The summed E-state index contributed by atoms with van der Waals surface area (Å²) in [5.74, 6) is -1.46. The molecule has 4 fully saturated rings. The molecule has 6 heteroatoms. The van der Waals surface area contributed by atoms with Crippen molar-refractivity contribution < 1.29 is 28.7 Å². The Labute approximate surface area is 223 Å². The molecule has 4 aliphatic rings. The average molecular weight is 517 g/mol. The van der Waals surface area contributed by atoms with Crippen molar-refractivity contribution in [1.29, 1.82) is 0 Å². The van der Waals surface area contributed by atoms with Gasteiger partial charge in [-0.25, -0.2) is 0 Å². The van der Waals surface area contributed by atoms with Crippen LogP contribution in [0.1, 0.15) is 107 Å². The molecule has 0 aliphatic heterocycles. The number of rotatable bonds is 5. The third-order valence-corrected chi connectivity index (χ3v) is 12.4. The zero-order valence-corrected chi connectivity index (χ0v) is 24.2. The molecule has 11 atom stereocenters. The lowest BCUT2D eigenvalue weighted by Gasteiger charge is -2.71. The third kappa shape index (κ3) is 4.11. The number of aldehydes is 1. The van der Waals surface area contributed by atoms with E-state index in [0.717, 1.165) is 32.0 Å². The number of hydrogen-bond acceptors (Lipinski definition) is 6. The van der Waals surface area contributed by atoms with Crippen molar-refractivity contribution in [2.75, 3.05) is 0 Å². The summed E-state index contributed by atoms with van der Waals surface area (Å²) in [4.78, 5) is 50.4. The molecule has 0 saturated heterocycles. The minimum atomic E-state index is -0.731. The van der Waals surface area contributed by atoms with Gasteiger partial charge < -0.3 is 14.3 Å². The van der Waals surface area contributed by atoms with Crippen LogP contribution >= 0.6 is 0 Å². The highest BCUT2D eigenvalue weighted by molar-refractivity contribution is 5.83. The predicted molar refractivity (Wildman–Crippen MR) is 140 cm³/mol. The van der Waals surface area contributed by atoms with E-state index in [-0.39, 0.29) is 28.5 Å². The SMILES string of the molecule is CC[C@@]1(C)CCC[C@]2(C)[C@H]3C[C@H](OC(C)=O)[C@]4(C)[C@@H](C=O)[C@H](C(C)=O)[C@@H](OC(C)=O)C[C@H]4[C@]3(C)CC[C@@H]12. The summed E-state index contributed by atoms with van der Waals surface area (Å²) in [5.41, 5.74) is -0.438. The van der Waals surface area contributed by atoms with E-state index in [1.54, 1.807) is 0 Å². The Kier molecular flexibility index (Phi) is 7.25. The van der Waals surface area contributed by atoms with Crippen LogP contribution in [0.15, 0.2) is 0 Å². The minimum absolute atomic E-state index is 0.0224. The van der Waals surface area contributed by atoms with Crippen molar-refractivity contribution in [3.05, 3.63) is 0 Å². The number of Topliss-reactive ketones (excluding diaryl/α,β-unsaturated/α-hetero) is 1. The van der Waals surface area contributed by atoms with E-state index in [1.807, 2.05) is 0 Å². The Bertz CT molecular complexity index is 959. The van der Waals surface area contributed by atoms with E-state index in [1.165, 1.54) is 33.6 Å². The first kappa shape index (κ1) is 28.3. The highest BCUT2D eigenvalue weighted by Crippen LogP contribution is 2.74. The maximum Gasteiger partial charge on any atom is 0.302 e. The molecule has 4 rings (SSSR count). The molecule has 0 heterocycles. The molecule has 0 aromatic rings. The molecule has 6 nitrogen and oxygen atoms in total. The van der Waals surface area contributed by atoms with Crippen molar-refractivity contribution >= 4 is 24.0 Å². The summed E-state index contributed by atoms with van der Waals surface area (Å²) in [7, 11) is 0. The number of carbonyl (C=O) groups is 4. The summed E-state index contributed by atoms with van der Waals surface area (Å²) in [6.07, 6.45) is 7.94. The molecule has 0 bridgehead atoms. The van der Waals surface area contributed by atoms with Gasteiger partial charge in [0, 0.05) is 25.2 Å². The third-order valence-electron chi connectivity index (χ3n) is 12.4. The van der Waals surface area contributed by atoms with E-state index in [9.17, 15) is 19.2 Å². The Morgan fingerprint density at radius 1 is 0.838 bits per heavy atom. The summed E-state index contributed by atoms with van der Waals surface area (Å²) >= 11 is 0. The molecule has 0 aromatic carbocycles. The lowest BCUT2D eigenvalue weighted by Crippen LogP contribution is -2.70. The standard InChI is InChI=1S/C31H48O6/c1-9-28(5)12-10-13-29(6)23(28)11-14-30(7)24(29)16-26(37-20(4)35)31(8)21(17-32)27(18(2)33)22(15-25(30)31)36-19(3)34/h17,21-27H,9-16H2,1-8H3/t21-,22-,23-,24+,25-,26-,27-,28-,29-,30+,31+/m0/s1. The lowest BCUT2D eigenvalue weighted by molar-refractivity contribution is -0.263. The number of ether oxygens (including phenoxy) is 2. The van der Waals surface area contributed by atoms with Crippen LogP contribution in [-0.2, 0) is 28.7 Å². The van der Waals surface area contributed by atoms with E-state index in [0.29, 0.717) is 30.1 Å². The summed E-state index contributed by atoms with van der Waals surface area (Å²) in [5, 5.41) is 0. The number of carbonyl (C=O) groups excluding carboxylic acids is 4. The van der Waals surface area contributed by atoms with Gasteiger partial charge in [-0.2, -0.15) is 0 Å². The second kappa shape index (κ2) is 9.48. The Morgan fingerprint density at radius 2 is 1.46 bits per heavy atom. The van der Waals surface area contributed by atoms with Crippen LogP contribution in [0.25, 0.3) is 0 Å². The van der Waals surface area contributed by atoms with Crippen molar-refractivity contribution in [1.82, 2.24) is 0 Å². The van der Waals surface area contributed by atoms with Crippen LogP contribution in [0.2, 0.25) is 0 Å². The van der Waals surface area contributed by atoms with Gasteiger partial charge in [-0.3, -0.25) is 14.4 Å². The number of fused-ring (bicyclic) bond motifs is 5. The van der Waals surface area contributed by atoms with Crippen molar-refractivity contribution in [2.24, 2.45) is 51.2 Å². The van der Waals surface area contributed by atoms with Gasteiger partial charge in [-0.15, -0.1) is 0 Å². The second-order valence-corrected chi connectivity index (χ2v) is 14.0. The fraction of sp³-hybridized carbons (Fsp3) is 0.871. The quantitative estimate of drug-likeness (QED) is 0.332. The second-order valence-electron chi connectivity index (χ2n) is 14.0. The van der Waals surface area contributed by atoms with Crippen molar-refractivity contribution in [3.8, 4) is 0 Å². The van der Waals surface area contributed by atoms with Crippen LogP contribution < -0.4 is 0 Å². The molecule has 0 radical (unpaired) electrons. The molecule has 0 N–H and O–H groups in total. The van der Waals surface area contributed by atoms with Gasteiger partial charge in [0.25, 0.3) is 0 Å². The summed E-state index contributed by atoms with van der Waals surface area (Å²) in [6, 6.07) is 0. The Hall–Kier alpha value is -1.72.